The first-order valence-electron chi connectivity index (χ1n) is 5.55. The summed E-state index contributed by atoms with van der Waals surface area (Å²) in [5.74, 6) is 1.07. The van der Waals surface area contributed by atoms with Crippen LogP contribution in [0.4, 0.5) is 0 Å². The third kappa shape index (κ3) is 2.21. The lowest BCUT2D eigenvalue weighted by Gasteiger charge is -2.20. The SMILES string of the molecule is CC(C)N(C)Cc1noc2c1CNCC2. The number of nitrogens with one attached hydrogen (secondary N) is 1. The first-order chi connectivity index (χ1) is 7.18. The average molecular weight is 209 g/mol. The van der Waals surface area contributed by atoms with Gasteiger partial charge in [-0.05, 0) is 20.9 Å². The summed E-state index contributed by atoms with van der Waals surface area (Å²) in [7, 11) is 2.11. The Labute approximate surface area is 90.6 Å². The van der Waals surface area contributed by atoms with E-state index in [0.717, 1.165) is 37.5 Å². The fourth-order valence-electron chi connectivity index (χ4n) is 1.74. The number of rotatable bonds is 3. The van der Waals surface area contributed by atoms with Crippen LogP contribution < -0.4 is 5.32 Å². The van der Waals surface area contributed by atoms with Crippen molar-refractivity contribution in [3.63, 3.8) is 0 Å². The molecule has 84 valence electrons. The fourth-order valence-corrected chi connectivity index (χ4v) is 1.74. The maximum atomic E-state index is 5.35. The van der Waals surface area contributed by atoms with E-state index >= 15 is 0 Å². The van der Waals surface area contributed by atoms with Gasteiger partial charge in [0.15, 0.2) is 0 Å². The van der Waals surface area contributed by atoms with Gasteiger partial charge < -0.3 is 9.84 Å². The Morgan fingerprint density at radius 3 is 3.07 bits per heavy atom. The van der Waals surface area contributed by atoms with Crippen molar-refractivity contribution in [3.05, 3.63) is 17.0 Å². The van der Waals surface area contributed by atoms with Gasteiger partial charge in [0, 0.05) is 37.7 Å². The molecule has 2 rings (SSSR count). The molecule has 0 spiro atoms. The smallest absolute Gasteiger partial charge is 0.142 e. The van der Waals surface area contributed by atoms with Crippen LogP contribution in [0.2, 0.25) is 0 Å². The molecule has 0 radical (unpaired) electrons. The molecule has 0 aromatic carbocycles. The standard InChI is InChI=1S/C11H19N3O/c1-8(2)14(3)7-10-9-6-12-5-4-11(9)15-13-10/h8,12H,4-7H2,1-3H3. The third-order valence-corrected chi connectivity index (χ3v) is 3.06. The average Bonchev–Trinajstić information content (AvgIpc) is 2.62. The minimum atomic E-state index is 0.536. The maximum Gasteiger partial charge on any atom is 0.142 e. The van der Waals surface area contributed by atoms with E-state index in [9.17, 15) is 0 Å². The van der Waals surface area contributed by atoms with Gasteiger partial charge in [-0.25, -0.2) is 0 Å². The minimum Gasteiger partial charge on any atom is -0.361 e. The molecule has 0 atom stereocenters. The molecule has 0 aliphatic carbocycles. The van der Waals surface area contributed by atoms with Gasteiger partial charge in [0.2, 0.25) is 0 Å². The number of fused-ring (bicyclic) bond motifs is 1. The molecule has 4 heteroatoms. The maximum absolute atomic E-state index is 5.35. The Bertz CT molecular complexity index is 333. The van der Waals surface area contributed by atoms with Gasteiger partial charge in [0.05, 0.1) is 0 Å². The molecule has 1 aromatic rings. The van der Waals surface area contributed by atoms with Gasteiger partial charge in [0.1, 0.15) is 11.5 Å². The highest BCUT2D eigenvalue weighted by molar-refractivity contribution is 5.25. The summed E-state index contributed by atoms with van der Waals surface area (Å²) in [5, 5.41) is 7.51. The molecular formula is C11H19N3O. The molecule has 1 aliphatic rings. The molecule has 0 fully saturated rings. The van der Waals surface area contributed by atoms with E-state index in [2.05, 4.69) is 36.3 Å². The Morgan fingerprint density at radius 1 is 1.53 bits per heavy atom. The van der Waals surface area contributed by atoms with Crippen LogP contribution in [0.15, 0.2) is 4.52 Å². The lowest BCUT2D eigenvalue weighted by atomic mass is 10.1. The van der Waals surface area contributed by atoms with Crippen molar-refractivity contribution in [1.29, 1.82) is 0 Å². The van der Waals surface area contributed by atoms with Gasteiger partial charge >= 0.3 is 0 Å². The number of aromatic nitrogens is 1. The topological polar surface area (TPSA) is 41.3 Å². The van der Waals surface area contributed by atoms with E-state index in [-0.39, 0.29) is 0 Å². The van der Waals surface area contributed by atoms with Crippen molar-refractivity contribution < 1.29 is 4.52 Å². The number of hydrogen-bond acceptors (Lipinski definition) is 4. The monoisotopic (exact) mass is 209 g/mol. The van der Waals surface area contributed by atoms with Crippen molar-refractivity contribution in [2.75, 3.05) is 13.6 Å². The second-order valence-corrected chi connectivity index (χ2v) is 4.47. The van der Waals surface area contributed by atoms with Gasteiger partial charge in [-0.3, -0.25) is 4.90 Å². The van der Waals surface area contributed by atoms with Crippen molar-refractivity contribution in [1.82, 2.24) is 15.4 Å². The third-order valence-electron chi connectivity index (χ3n) is 3.06. The molecule has 0 saturated heterocycles. The summed E-state index contributed by atoms with van der Waals surface area (Å²) in [6.45, 7) is 7.15. The van der Waals surface area contributed by atoms with Crippen LogP contribution in [-0.4, -0.2) is 29.7 Å². The summed E-state index contributed by atoms with van der Waals surface area (Å²) < 4.78 is 5.35. The molecule has 1 N–H and O–H groups in total. The largest absolute Gasteiger partial charge is 0.361 e. The molecule has 2 heterocycles. The second-order valence-electron chi connectivity index (χ2n) is 4.47. The van der Waals surface area contributed by atoms with E-state index in [4.69, 9.17) is 4.52 Å². The van der Waals surface area contributed by atoms with Crippen LogP contribution >= 0.6 is 0 Å². The molecule has 0 bridgehead atoms. The van der Waals surface area contributed by atoms with E-state index in [1.807, 2.05) is 0 Å². The molecule has 1 aromatic heterocycles. The predicted molar refractivity (Wildman–Crippen MR) is 58.5 cm³/mol. The highest BCUT2D eigenvalue weighted by Crippen LogP contribution is 2.19. The molecular weight excluding hydrogens is 190 g/mol. The Morgan fingerprint density at radius 2 is 2.33 bits per heavy atom. The lowest BCUT2D eigenvalue weighted by molar-refractivity contribution is 0.255. The normalized spacial score (nSPS) is 16.1. The summed E-state index contributed by atoms with van der Waals surface area (Å²) in [6, 6.07) is 0.536. The molecule has 0 saturated carbocycles. The van der Waals surface area contributed by atoms with Crippen LogP contribution in [0.25, 0.3) is 0 Å². The molecule has 15 heavy (non-hydrogen) atoms. The first-order valence-corrected chi connectivity index (χ1v) is 5.55. The van der Waals surface area contributed by atoms with E-state index in [1.54, 1.807) is 0 Å². The highest BCUT2D eigenvalue weighted by Gasteiger charge is 2.20. The quantitative estimate of drug-likeness (QED) is 0.811. The minimum absolute atomic E-state index is 0.536. The van der Waals surface area contributed by atoms with Crippen LogP contribution in [0.3, 0.4) is 0 Å². The first kappa shape index (κ1) is 10.6. The molecule has 0 amide bonds. The zero-order valence-corrected chi connectivity index (χ0v) is 9.71. The molecule has 4 nitrogen and oxygen atoms in total. The van der Waals surface area contributed by atoms with Crippen LogP contribution in [-0.2, 0) is 19.5 Å². The van der Waals surface area contributed by atoms with Crippen molar-refractivity contribution >= 4 is 0 Å². The van der Waals surface area contributed by atoms with Crippen LogP contribution in [0, 0.1) is 0 Å². The van der Waals surface area contributed by atoms with E-state index in [1.165, 1.54) is 5.56 Å². The van der Waals surface area contributed by atoms with Gasteiger partial charge in [-0.1, -0.05) is 5.16 Å². The van der Waals surface area contributed by atoms with E-state index in [0.29, 0.717) is 6.04 Å². The Kier molecular flexibility index (Phi) is 3.07. The Balaban J connectivity index is 2.11. The second kappa shape index (κ2) is 4.33. The van der Waals surface area contributed by atoms with Crippen molar-refractivity contribution in [3.8, 4) is 0 Å². The fraction of sp³-hybridized carbons (Fsp3) is 0.727. The van der Waals surface area contributed by atoms with Crippen LogP contribution in [0.5, 0.6) is 0 Å². The molecule has 0 unspecified atom stereocenters. The summed E-state index contributed by atoms with van der Waals surface area (Å²) in [6.07, 6.45) is 0.966. The summed E-state index contributed by atoms with van der Waals surface area (Å²) in [4.78, 5) is 2.27. The molecule has 1 aliphatic heterocycles. The summed E-state index contributed by atoms with van der Waals surface area (Å²) in [5.41, 5.74) is 2.36. The predicted octanol–water partition coefficient (Wildman–Crippen LogP) is 1.16. The zero-order chi connectivity index (χ0) is 10.8. The van der Waals surface area contributed by atoms with E-state index < -0.39 is 0 Å². The number of nitrogens with zero attached hydrogens (tertiary/aromatic N) is 2. The Hall–Kier alpha value is -0.870. The lowest BCUT2D eigenvalue weighted by Crippen LogP contribution is -2.28. The van der Waals surface area contributed by atoms with Gasteiger partial charge in [-0.15, -0.1) is 0 Å². The zero-order valence-electron chi connectivity index (χ0n) is 9.71. The van der Waals surface area contributed by atoms with Crippen LogP contribution in [0.1, 0.15) is 30.9 Å². The van der Waals surface area contributed by atoms with Crippen molar-refractivity contribution in [2.45, 2.75) is 39.4 Å². The number of hydrogen-bond donors (Lipinski definition) is 1. The summed E-state index contributed by atoms with van der Waals surface area (Å²) >= 11 is 0. The highest BCUT2D eigenvalue weighted by atomic mass is 16.5. The van der Waals surface area contributed by atoms with Crippen molar-refractivity contribution in [2.24, 2.45) is 0 Å². The van der Waals surface area contributed by atoms with Gasteiger partial charge in [0.25, 0.3) is 0 Å². The van der Waals surface area contributed by atoms with Gasteiger partial charge in [-0.2, -0.15) is 0 Å².